The Labute approximate surface area is 172 Å². The Balaban J connectivity index is 1.94. The lowest BCUT2D eigenvalue weighted by molar-refractivity contribution is -0.152. The molecule has 1 amide bonds. The van der Waals surface area contributed by atoms with E-state index in [1.54, 1.807) is 25.2 Å². The van der Waals surface area contributed by atoms with Crippen molar-refractivity contribution in [3.8, 4) is 6.07 Å². The van der Waals surface area contributed by atoms with Crippen LogP contribution in [0.4, 0.5) is 0 Å². The van der Waals surface area contributed by atoms with Crippen molar-refractivity contribution >= 4 is 35.5 Å². The highest BCUT2D eigenvalue weighted by Gasteiger charge is 2.39. The molecule has 0 fully saturated rings. The smallest absolute Gasteiger partial charge is 0.326 e. The number of amides is 1. The van der Waals surface area contributed by atoms with Crippen molar-refractivity contribution in [2.75, 3.05) is 20.7 Å². The third-order valence-electron chi connectivity index (χ3n) is 4.93. The number of benzene rings is 1. The number of hydrogen-bond donors (Lipinski definition) is 1. The fraction of sp³-hybridized carbons (Fsp3) is 0.368. The molecule has 1 N–H and O–H groups in total. The second kappa shape index (κ2) is 8.61. The van der Waals surface area contributed by atoms with E-state index in [9.17, 15) is 20.0 Å². The van der Waals surface area contributed by atoms with Gasteiger partial charge in [0.2, 0.25) is 5.91 Å². The summed E-state index contributed by atoms with van der Waals surface area (Å²) in [5, 5.41) is 21.0. The molecule has 10 heteroatoms. The summed E-state index contributed by atoms with van der Waals surface area (Å²) in [6.07, 6.45) is 1.45. The standard InChI is InChI=1S/C19H19ClN4O5/c1-23-17(22-10-29-23)7-15(19(26)27)24-9-16(28-2)14(6-18(24)25)13-5-12(20)4-3-11(13)8-21/h3-6,10,15-17H,7,9H2,1-2H3,(H,26,27). The predicted octanol–water partition coefficient (Wildman–Crippen LogP) is 1.53. The van der Waals surface area contributed by atoms with Crippen LogP contribution in [-0.4, -0.2) is 72.4 Å². The minimum Gasteiger partial charge on any atom is -0.480 e. The normalized spacial score (nSPS) is 22.8. The van der Waals surface area contributed by atoms with Gasteiger partial charge in [-0.1, -0.05) is 11.6 Å². The maximum Gasteiger partial charge on any atom is 0.326 e. The third-order valence-corrected chi connectivity index (χ3v) is 5.17. The summed E-state index contributed by atoms with van der Waals surface area (Å²) in [6.45, 7) is 0.0104. The number of carboxylic acids is 1. The fourth-order valence-corrected chi connectivity index (χ4v) is 3.54. The van der Waals surface area contributed by atoms with Gasteiger partial charge in [0.1, 0.15) is 18.3 Å². The first-order chi connectivity index (χ1) is 13.8. The number of hydrogen-bond acceptors (Lipinski definition) is 7. The highest BCUT2D eigenvalue weighted by molar-refractivity contribution is 6.30. The van der Waals surface area contributed by atoms with Crippen LogP contribution in [0, 0.1) is 11.3 Å². The van der Waals surface area contributed by atoms with Crippen molar-refractivity contribution in [3.63, 3.8) is 0 Å². The molecule has 0 radical (unpaired) electrons. The number of carbonyl (C=O) groups is 2. The molecule has 0 aliphatic carbocycles. The predicted molar refractivity (Wildman–Crippen MR) is 104 cm³/mol. The maximum absolute atomic E-state index is 12.9. The van der Waals surface area contributed by atoms with Crippen LogP contribution in [0.5, 0.6) is 0 Å². The van der Waals surface area contributed by atoms with Gasteiger partial charge in [-0.15, -0.1) is 5.06 Å². The molecule has 0 spiro atoms. The number of ether oxygens (including phenoxy) is 1. The second-order valence-corrected chi connectivity index (χ2v) is 7.03. The summed E-state index contributed by atoms with van der Waals surface area (Å²) < 4.78 is 5.52. The highest BCUT2D eigenvalue weighted by atomic mass is 35.5. The van der Waals surface area contributed by atoms with Gasteiger partial charge in [-0.25, -0.2) is 9.79 Å². The van der Waals surface area contributed by atoms with E-state index in [1.165, 1.54) is 29.5 Å². The van der Waals surface area contributed by atoms with Crippen LogP contribution in [0.15, 0.2) is 29.3 Å². The first-order valence-electron chi connectivity index (χ1n) is 8.74. The van der Waals surface area contributed by atoms with Gasteiger partial charge in [0, 0.05) is 31.7 Å². The highest BCUT2D eigenvalue weighted by Crippen LogP contribution is 2.31. The van der Waals surface area contributed by atoms with E-state index < -0.39 is 30.2 Å². The molecular weight excluding hydrogens is 400 g/mol. The van der Waals surface area contributed by atoms with Crippen molar-refractivity contribution < 1.29 is 24.3 Å². The van der Waals surface area contributed by atoms with Crippen LogP contribution >= 0.6 is 11.6 Å². The Morgan fingerprint density at radius 2 is 2.31 bits per heavy atom. The number of carboxylic acid groups (broad SMARTS) is 1. The molecule has 2 aliphatic rings. The molecule has 1 aromatic rings. The number of hydroxylamine groups is 2. The number of rotatable bonds is 6. The van der Waals surface area contributed by atoms with Crippen molar-refractivity contribution in [1.82, 2.24) is 9.96 Å². The van der Waals surface area contributed by atoms with E-state index in [4.69, 9.17) is 21.2 Å². The van der Waals surface area contributed by atoms with E-state index in [1.807, 2.05) is 0 Å². The van der Waals surface area contributed by atoms with Crippen LogP contribution in [-0.2, 0) is 19.2 Å². The zero-order chi connectivity index (χ0) is 21.1. The van der Waals surface area contributed by atoms with Crippen LogP contribution in [0.1, 0.15) is 17.5 Å². The molecule has 0 saturated carbocycles. The van der Waals surface area contributed by atoms with E-state index >= 15 is 0 Å². The lowest BCUT2D eigenvalue weighted by Gasteiger charge is -2.36. The van der Waals surface area contributed by atoms with Gasteiger partial charge >= 0.3 is 5.97 Å². The largest absolute Gasteiger partial charge is 0.480 e. The van der Waals surface area contributed by atoms with Crippen LogP contribution in [0.3, 0.4) is 0 Å². The van der Waals surface area contributed by atoms with E-state index in [2.05, 4.69) is 11.1 Å². The molecule has 2 aliphatic heterocycles. The van der Waals surface area contributed by atoms with Gasteiger partial charge in [0.05, 0.1) is 18.2 Å². The Morgan fingerprint density at radius 1 is 1.55 bits per heavy atom. The van der Waals surface area contributed by atoms with Gasteiger partial charge < -0.3 is 19.6 Å². The average Bonchev–Trinajstić information content (AvgIpc) is 3.10. The fourth-order valence-electron chi connectivity index (χ4n) is 3.37. The number of carbonyl (C=O) groups excluding carboxylic acids is 1. The van der Waals surface area contributed by atoms with Crippen LogP contribution in [0.25, 0.3) is 5.57 Å². The minimum absolute atomic E-state index is 0.0104. The van der Waals surface area contributed by atoms with Gasteiger partial charge in [0.25, 0.3) is 0 Å². The molecule has 3 unspecified atom stereocenters. The number of nitriles is 1. The molecule has 2 heterocycles. The average molecular weight is 419 g/mol. The molecule has 1 aromatic carbocycles. The summed E-state index contributed by atoms with van der Waals surface area (Å²) in [7, 11) is 3.09. The van der Waals surface area contributed by atoms with Gasteiger partial charge in [-0.2, -0.15) is 5.26 Å². The summed E-state index contributed by atoms with van der Waals surface area (Å²) in [5.74, 6) is -1.64. The van der Waals surface area contributed by atoms with Crippen LogP contribution < -0.4 is 0 Å². The molecule has 29 heavy (non-hydrogen) atoms. The first kappa shape index (κ1) is 20.8. The zero-order valence-electron chi connectivity index (χ0n) is 15.8. The SMILES string of the molecule is COC1CN(C(CC2N=CON2C)C(=O)O)C(=O)C=C1c1cc(Cl)ccc1C#N. The van der Waals surface area contributed by atoms with Crippen molar-refractivity contribution in [1.29, 1.82) is 5.26 Å². The lowest BCUT2D eigenvalue weighted by atomic mass is 9.92. The molecule has 152 valence electrons. The minimum atomic E-state index is -1.15. The lowest BCUT2D eigenvalue weighted by Crippen LogP contribution is -2.52. The first-order valence-corrected chi connectivity index (χ1v) is 9.12. The summed E-state index contributed by atoms with van der Waals surface area (Å²) in [5.41, 5.74) is 1.31. The van der Waals surface area contributed by atoms with Crippen molar-refractivity contribution in [2.45, 2.75) is 24.7 Å². The Bertz CT molecular complexity index is 926. The number of aliphatic carboxylic acids is 1. The van der Waals surface area contributed by atoms with E-state index in [0.717, 1.165) is 0 Å². The van der Waals surface area contributed by atoms with Crippen molar-refractivity contribution in [3.05, 3.63) is 40.4 Å². The van der Waals surface area contributed by atoms with Gasteiger partial charge in [0.15, 0.2) is 6.40 Å². The second-order valence-electron chi connectivity index (χ2n) is 6.59. The zero-order valence-corrected chi connectivity index (χ0v) is 16.5. The van der Waals surface area contributed by atoms with Gasteiger partial charge in [-0.05, 0) is 29.3 Å². The van der Waals surface area contributed by atoms with Crippen molar-refractivity contribution in [2.24, 2.45) is 4.99 Å². The quantitative estimate of drug-likeness (QED) is 0.744. The number of halogens is 1. The Morgan fingerprint density at radius 3 is 2.90 bits per heavy atom. The summed E-state index contributed by atoms with van der Waals surface area (Å²) in [4.78, 5) is 35.1. The van der Waals surface area contributed by atoms with E-state index in [0.29, 0.717) is 21.7 Å². The molecule has 0 aromatic heterocycles. The van der Waals surface area contributed by atoms with E-state index in [-0.39, 0.29) is 13.0 Å². The molecule has 9 nitrogen and oxygen atoms in total. The maximum atomic E-state index is 12.9. The number of nitrogens with zero attached hydrogens (tertiary/aromatic N) is 4. The summed E-state index contributed by atoms with van der Waals surface area (Å²) in [6, 6.07) is 5.69. The molecule has 0 bridgehead atoms. The molecule has 3 atom stereocenters. The monoisotopic (exact) mass is 418 g/mol. The number of aliphatic imine (C=N–C) groups is 1. The topological polar surface area (TPSA) is 115 Å². The molecule has 3 rings (SSSR count). The Kier molecular flexibility index (Phi) is 6.17. The molecular formula is C19H19ClN4O5. The van der Waals surface area contributed by atoms with Crippen LogP contribution in [0.2, 0.25) is 5.02 Å². The molecule has 0 saturated heterocycles. The number of methoxy groups -OCH3 is 1. The van der Waals surface area contributed by atoms with Gasteiger partial charge in [-0.3, -0.25) is 4.79 Å². The Hall–Kier alpha value is -2.93. The summed E-state index contributed by atoms with van der Waals surface area (Å²) >= 11 is 6.07. The third kappa shape index (κ3) is 4.24.